The number of aromatic nitrogens is 2. The summed E-state index contributed by atoms with van der Waals surface area (Å²) >= 11 is 6.20. The summed E-state index contributed by atoms with van der Waals surface area (Å²) in [7, 11) is -1.67. The van der Waals surface area contributed by atoms with Crippen LogP contribution in [0.3, 0.4) is 0 Å². The molecule has 1 atom stereocenters. The van der Waals surface area contributed by atoms with Crippen molar-refractivity contribution in [3.63, 3.8) is 0 Å². The zero-order valence-corrected chi connectivity index (χ0v) is 23.4. The molecular weight excluding hydrogens is 538 g/mol. The molecule has 0 radical (unpaired) electrons. The SMILES string of the molecule is CN(C(=O)c1ccc2c(c1)C(NC(=O)c1ccccc1Cl)CC2)C1CCN(c2ccnc(S(C)(=O)=O)n2)CC1. The first-order valence-electron chi connectivity index (χ1n) is 12.9. The molecule has 1 fully saturated rings. The van der Waals surface area contributed by atoms with Gasteiger partial charge in [0.15, 0.2) is 0 Å². The molecule has 2 heterocycles. The molecule has 0 saturated carbocycles. The quantitative estimate of drug-likeness (QED) is 0.452. The van der Waals surface area contributed by atoms with Crippen LogP contribution in [0, 0.1) is 0 Å². The van der Waals surface area contributed by atoms with Crippen molar-refractivity contribution in [2.75, 3.05) is 31.3 Å². The van der Waals surface area contributed by atoms with Gasteiger partial charge in [-0.2, -0.15) is 0 Å². The van der Waals surface area contributed by atoms with Crippen LogP contribution < -0.4 is 10.2 Å². The Morgan fingerprint density at radius 1 is 1.08 bits per heavy atom. The molecule has 11 heteroatoms. The van der Waals surface area contributed by atoms with Crippen molar-refractivity contribution in [1.82, 2.24) is 20.2 Å². The van der Waals surface area contributed by atoms with Crippen molar-refractivity contribution in [1.29, 1.82) is 0 Å². The Morgan fingerprint density at radius 2 is 1.82 bits per heavy atom. The van der Waals surface area contributed by atoms with E-state index in [-0.39, 0.29) is 29.1 Å². The second kappa shape index (κ2) is 10.9. The topological polar surface area (TPSA) is 113 Å². The number of benzene rings is 2. The summed E-state index contributed by atoms with van der Waals surface area (Å²) in [4.78, 5) is 38.2. The number of rotatable bonds is 6. The molecule has 1 aromatic heterocycles. The van der Waals surface area contributed by atoms with Gasteiger partial charge in [0.1, 0.15) is 5.82 Å². The fourth-order valence-corrected chi connectivity index (χ4v) is 6.04. The maximum atomic E-state index is 13.5. The minimum Gasteiger partial charge on any atom is -0.356 e. The molecule has 9 nitrogen and oxygen atoms in total. The third kappa shape index (κ3) is 5.77. The van der Waals surface area contributed by atoms with Gasteiger partial charge in [0.2, 0.25) is 15.0 Å². The van der Waals surface area contributed by atoms with Gasteiger partial charge >= 0.3 is 0 Å². The Morgan fingerprint density at radius 3 is 2.54 bits per heavy atom. The number of nitrogens with zero attached hydrogens (tertiary/aromatic N) is 4. The van der Waals surface area contributed by atoms with Crippen molar-refractivity contribution in [3.05, 3.63) is 82.0 Å². The van der Waals surface area contributed by atoms with Crippen LogP contribution in [0.1, 0.15) is 57.1 Å². The lowest BCUT2D eigenvalue weighted by atomic mass is 10.00. The van der Waals surface area contributed by atoms with Gasteiger partial charge in [0, 0.05) is 44.2 Å². The van der Waals surface area contributed by atoms with E-state index in [0.29, 0.717) is 35.1 Å². The van der Waals surface area contributed by atoms with E-state index in [1.165, 1.54) is 6.20 Å². The summed E-state index contributed by atoms with van der Waals surface area (Å²) in [5.41, 5.74) is 3.12. The number of carbonyl (C=O) groups is 2. The second-order valence-electron chi connectivity index (χ2n) is 10.1. The average molecular weight is 568 g/mol. The van der Waals surface area contributed by atoms with Gasteiger partial charge in [-0.05, 0) is 67.1 Å². The maximum absolute atomic E-state index is 13.5. The van der Waals surface area contributed by atoms with E-state index in [2.05, 4.69) is 15.3 Å². The minimum atomic E-state index is -3.49. The van der Waals surface area contributed by atoms with Crippen LogP contribution in [0.4, 0.5) is 5.82 Å². The van der Waals surface area contributed by atoms with Crippen LogP contribution in [0.2, 0.25) is 5.02 Å². The highest BCUT2D eigenvalue weighted by Gasteiger charge is 2.30. The summed E-state index contributed by atoms with van der Waals surface area (Å²) < 4.78 is 23.7. The number of fused-ring (bicyclic) bond motifs is 1. The number of piperidine rings is 1. The van der Waals surface area contributed by atoms with Gasteiger partial charge in [0.05, 0.1) is 16.6 Å². The Bertz CT molecular complexity index is 1520. The van der Waals surface area contributed by atoms with E-state index in [1.54, 1.807) is 35.2 Å². The van der Waals surface area contributed by atoms with E-state index < -0.39 is 9.84 Å². The summed E-state index contributed by atoms with van der Waals surface area (Å²) in [6.45, 7) is 1.28. The molecule has 39 heavy (non-hydrogen) atoms. The monoisotopic (exact) mass is 567 g/mol. The fraction of sp³-hybridized carbons (Fsp3) is 0.357. The average Bonchev–Trinajstić information content (AvgIpc) is 3.34. The molecule has 2 amide bonds. The Kier molecular flexibility index (Phi) is 7.59. The molecule has 0 spiro atoms. The Labute approximate surface area is 233 Å². The normalized spacial score (nSPS) is 17.5. The molecule has 2 aromatic carbocycles. The van der Waals surface area contributed by atoms with Crippen LogP contribution >= 0.6 is 11.6 Å². The molecular formula is C28H30ClN5O4S. The summed E-state index contributed by atoms with van der Waals surface area (Å²) in [6.07, 6.45) is 5.59. The first-order valence-corrected chi connectivity index (χ1v) is 15.1. The van der Waals surface area contributed by atoms with Gasteiger partial charge in [-0.15, -0.1) is 0 Å². The molecule has 204 valence electrons. The summed E-state index contributed by atoms with van der Waals surface area (Å²) in [5.74, 6) is 0.272. The summed E-state index contributed by atoms with van der Waals surface area (Å²) in [5, 5.41) is 3.30. The standard InChI is InChI=1S/C28H30ClN5O4S/c1-33(20-12-15-34(16-13-20)25-11-14-30-28(32-25)39(2,37)38)27(36)19-8-7-18-9-10-24(22(18)17-19)31-26(35)21-5-3-4-6-23(21)29/h3-8,11,14,17,20,24H,9-10,12-13,15-16H2,1-2H3,(H,31,35). The smallest absolute Gasteiger partial charge is 0.253 e. The second-order valence-corrected chi connectivity index (χ2v) is 12.4. The minimum absolute atomic E-state index is 0.0361. The van der Waals surface area contributed by atoms with Crippen molar-refractivity contribution >= 4 is 39.1 Å². The Balaban J connectivity index is 1.24. The van der Waals surface area contributed by atoms with Crippen molar-refractivity contribution in [2.24, 2.45) is 0 Å². The van der Waals surface area contributed by atoms with Crippen LogP contribution in [0.25, 0.3) is 0 Å². The predicted molar refractivity (Wildman–Crippen MR) is 149 cm³/mol. The van der Waals surface area contributed by atoms with Crippen LogP contribution in [-0.4, -0.2) is 67.5 Å². The van der Waals surface area contributed by atoms with Crippen LogP contribution in [0.15, 0.2) is 59.9 Å². The fourth-order valence-electron chi connectivity index (χ4n) is 5.30. The number of aryl methyl sites for hydroxylation is 1. The molecule has 1 aliphatic carbocycles. The number of amides is 2. The van der Waals surface area contributed by atoms with E-state index in [4.69, 9.17) is 11.6 Å². The first-order chi connectivity index (χ1) is 18.6. The van der Waals surface area contributed by atoms with E-state index in [9.17, 15) is 18.0 Å². The maximum Gasteiger partial charge on any atom is 0.253 e. The van der Waals surface area contributed by atoms with Gasteiger partial charge in [-0.3, -0.25) is 9.59 Å². The highest BCUT2D eigenvalue weighted by atomic mass is 35.5. The van der Waals surface area contributed by atoms with E-state index in [0.717, 1.165) is 43.1 Å². The van der Waals surface area contributed by atoms with Gasteiger partial charge in [-0.25, -0.2) is 18.4 Å². The van der Waals surface area contributed by atoms with Crippen LogP contribution in [0.5, 0.6) is 0 Å². The lowest BCUT2D eigenvalue weighted by Crippen LogP contribution is -2.46. The van der Waals surface area contributed by atoms with Crippen molar-refractivity contribution < 1.29 is 18.0 Å². The lowest BCUT2D eigenvalue weighted by Gasteiger charge is -2.37. The summed E-state index contributed by atoms with van der Waals surface area (Å²) in [6, 6.07) is 14.3. The van der Waals surface area contributed by atoms with Gasteiger partial charge < -0.3 is 15.1 Å². The number of anilines is 1. The number of hydrogen-bond acceptors (Lipinski definition) is 7. The zero-order valence-electron chi connectivity index (χ0n) is 21.8. The molecule has 1 unspecified atom stereocenters. The van der Waals surface area contributed by atoms with Gasteiger partial charge in [-0.1, -0.05) is 29.8 Å². The van der Waals surface area contributed by atoms with E-state index in [1.807, 2.05) is 30.1 Å². The molecule has 1 N–H and O–H groups in total. The number of halogens is 1. The van der Waals surface area contributed by atoms with E-state index >= 15 is 0 Å². The number of sulfone groups is 1. The molecule has 5 rings (SSSR count). The largest absolute Gasteiger partial charge is 0.356 e. The Hall–Kier alpha value is -3.50. The highest BCUT2D eigenvalue weighted by Crippen LogP contribution is 2.33. The zero-order chi connectivity index (χ0) is 27.7. The number of carbonyl (C=O) groups excluding carboxylic acids is 2. The van der Waals surface area contributed by atoms with Crippen molar-refractivity contribution in [3.8, 4) is 0 Å². The van der Waals surface area contributed by atoms with Gasteiger partial charge in [0.25, 0.3) is 11.8 Å². The lowest BCUT2D eigenvalue weighted by molar-refractivity contribution is 0.0709. The van der Waals surface area contributed by atoms with Crippen molar-refractivity contribution in [2.45, 2.75) is 42.9 Å². The number of hydrogen-bond donors (Lipinski definition) is 1. The number of nitrogens with one attached hydrogen (secondary N) is 1. The third-order valence-corrected chi connectivity index (χ3v) is 8.69. The van der Waals surface area contributed by atoms with Crippen LogP contribution in [-0.2, 0) is 16.3 Å². The predicted octanol–water partition coefficient (Wildman–Crippen LogP) is 3.69. The highest BCUT2D eigenvalue weighted by molar-refractivity contribution is 7.90. The molecule has 2 aliphatic rings. The molecule has 1 aliphatic heterocycles. The molecule has 3 aromatic rings. The first kappa shape index (κ1) is 27.1. The molecule has 1 saturated heterocycles. The third-order valence-electron chi connectivity index (χ3n) is 7.50. The molecule has 0 bridgehead atoms.